The molecule has 114 valence electrons. The molecule has 0 aromatic heterocycles. The van der Waals surface area contributed by atoms with Gasteiger partial charge in [-0.25, -0.2) is 0 Å². The summed E-state index contributed by atoms with van der Waals surface area (Å²) in [4.78, 5) is 3.67. The summed E-state index contributed by atoms with van der Waals surface area (Å²) in [5.74, 6) is 0.960. The van der Waals surface area contributed by atoms with Crippen molar-refractivity contribution >= 4 is 24.2 Å². The van der Waals surface area contributed by atoms with Crippen molar-refractivity contribution in [2.24, 2.45) is 5.73 Å². The Morgan fingerprint density at radius 3 is 2.55 bits per heavy atom. The molecule has 3 N–H and O–H groups in total. The Bertz CT molecular complexity index is 362. The molecule has 1 aromatic carbocycles. The number of benzene rings is 1. The van der Waals surface area contributed by atoms with Gasteiger partial charge in [0.25, 0.3) is 0 Å². The van der Waals surface area contributed by atoms with Crippen LogP contribution in [0.25, 0.3) is 0 Å². The fourth-order valence-electron chi connectivity index (χ4n) is 2.18. The van der Waals surface area contributed by atoms with Crippen LogP contribution in [0.4, 0.5) is 0 Å². The highest BCUT2D eigenvalue weighted by atomic mass is 35.5. The molecular formula is C15H25ClN2OS. The molecule has 0 saturated heterocycles. The molecule has 20 heavy (non-hydrogen) atoms. The summed E-state index contributed by atoms with van der Waals surface area (Å²) in [6.07, 6.45) is 3.58. The van der Waals surface area contributed by atoms with E-state index in [-0.39, 0.29) is 25.1 Å². The van der Waals surface area contributed by atoms with Crippen molar-refractivity contribution in [3.8, 4) is 0 Å². The zero-order valence-corrected chi connectivity index (χ0v) is 13.4. The highest BCUT2D eigenvalue weighted by molar-refractivity contribution is 7.99. The minimum atomic E-state index is 0. The average molecular weight is 317 g/mol. The molecule has 0 amide bonds. The topological polar surface area (TPSA) is 49.5 Å². The third-order valence-electron chi connectivity index (χ3n) is 3.44. The zero-order valence-electron chi connectivity index (χ0n) is 11.8. The molecule has 3 nitrogen and oxygen atoms in total. The second-order valence-corrected chi connectivity index (χ2v) is 6.26. The molecule has 0 spiro atoms. The molecule has 5 heteroatoms. The normalized spacial score (nSPS) is 15.9. The SMILES string of the molecule is Cl.N[C@@H](CCN(CCO)C1CC1)CSc1ccccc1. The van der Waals surface area contributed by atoms with Gasteiger partial charge in [-0.3, -0.25) is 4.90 Å². The lowest BCUT2D eigenvalue weighted by Gasteiger charge is -2.22. The van der Waals surface area contributed by atoms with Gasteiger partial charge in [-0.2, -0.15) is 0 Å². The largest absolute Gasteiger partial charge is 0.395 e. The fourth-order valence-corrected chi connectivity index (χ4v) is 3.10. The maximum Gasteiger partial charge on any atom is 0.0558 e. The highest BCUT2D eigenvalue weighted by Gasteiger charge is 2.28. The number of halogens is 1. The van der Waals surface area contributed by atoms with Crippen LogP contribution in [0.15, 0.2) is 35.2 Å². The van der Waals surface area contributed by atoms with Crippen molar-refractivity contribution < 1.29 is 5.11 Å². The van der Waals surface area contributed by atoms with Gasteiger partial charge in [-0.05, 0) is 31.4 Å². The highest BCUT2D eigenvalue weighted by Crippen LogP contribution is 2.27. The molecule has 0 bridgehead atoms. The molecule has 0 unspecified atom stereocenters. The Morgan fingerprint density at radius 2 is 1.95 bits per heavy atom. The molecular weight excluding hydrogens is 292 g/mol. The Balaban J connectivity index is 0.00000200. The van der Waals surface area contributed by atoms with Crippen LogP contribution in [0.2, 0.25) is 0 Å². The molecule has 1 saturated carbocycles. The van der Waals surface area contributed by atoms with E-state index in [0.717, 1.165) is 25.3 Å². The number of nitrogens with two attached hydrogens (primary N) is 1. The van der Waals surface area contributed by atoms with E-state index in [0.29, 0.717) is 6.04 Å². The third kappa shape index (κ3) is 6.46. The first-order valence-electron chi connectivity index (χ1n) is 7.08. The second kappa shape index (κ2) is 9.64. The number of rotatable bonds is 9. The molecule has 1 aromatic rings. The van der Waals surface area contributed by atoms with Crippen LogP contribution in [0.5, 0.6) is 0 Å². The van der Waals surface area contributed by atoms with Crippen molar-refractivity contribution in [1.82, 2.24) is 4.90 Å². The van der Waals surface area contributed by atoms with Crippen LogP contribution in [-0.2, 0) is 0 Å². The van der Waals surface area contributed by atoms with Crippen LogP contribution in [-0.4, -0.2) is 47.5 Å². The van der Waals surface area contributed by atoms with Crippen LogP contribution in [0.1, 0.15) is 19.3 Å². The maximum atomic E-state index is 9.05. The summed E-state index contributed by atoms with van der Waals surface area (Å²) >= 11 is 1.82. The summed E-state index contributed by atoms with van der Waals surface area (Å²) in [6.45, 7) is 2.06. The van der Waals surface area contributed by atoms with Crippen molar-refractivity contribution in [2.45, 2.75) is 36.2 Å². The summed E-state index contributed by atoms with van der Waals surface area (Å²) in [6, 6.07) is 11.3. The van der Waals surface area contributed by atoms with E-state index in [1.54, 1.807) is 0 Å². The van der Waals surface area contributed by atoms with E-state index >= 15 is 0 Å². The average Bonchev–Trinajstić information content (AvgIpc) is 3.27. The first-order chi connectivity index (χ1) is 9.29. The quantitative estimate of drug-likeness (QED) is 0.687. The van der Waals surface area contributed by atoms with E-state index in [2.05, 4.69) is 29.2 Å². The lowest BCUT2D eigenvalue weighted by Crippen LogP contribution is -2.35. The van der Waals surface area contributed by atoms with Gasteiger partial charge >= 0.3 is 0 Å². The van der Waals surface area contributed by atoms with E-state index in [4.69, 9.17) is 10.8 Å². The van der Waals surface area contributed by atoms with Gasteiger partial charge in [-0.15, -0.1) is 24.2 Å². The Morgan fingerprint density at radius 1 is 1.25 bits per heavy atom. The van der Waals surface area contributed by atoms with Gasteiger partial charge in [-0.1, -0.05) is 18.2 Å². The number of hydrogen-bond donors (Lipinski definition) is 2. The number of thioether (sulfide) groups is 1. The van der Waals surface area contributed by atoms with Crippen molar-refractivity contribution in [3.63, 3.8) is 0 Å². The van der Waals surface area contributed by atoms with Crippen LogP contribution in [0, 0.1) is 0 Å². The van der Waals surface area contributed by atoms with Crippen molar-refractivity contribution in [1.29, 1.82) is 0 Å². The zero-order chi connectivity index (χ0) is 13.5. The predicted octanol–water partition coefficient (Wildman–Crippen LogP) is 2.37. The Labute approximate surface area is 132 Å². The molecule has 0 heterocycles. The Kier molecular flexibility index (Phi) is 8.57. The summed E-state index contributed by atoms with van der Waals surface area (Å²) < 4.78 is 0. The summed E-state index contributed by atoms with van der Waals surface area (Å²) in [5, 5.41) is 9.05. The minimum absolute atomic E-state index is 0. The van der Waals surface area contributed by atoms with E-state index in [1.807, 2.05) is 17.8 Å². The van der Waals surface area contributed by atoms with Gasteiger partial charge < -0.3 is 10.8 Å². The summed E-state index contributed by atoms with van der Waals surface area (Å²) in [7, 11) is 0. The van der Waals surface area contributed by atoms with Gasteiger partial charge in [0, 0.05) is 35.8 Å². The molecule has 1 fully saturated rings. The Hall–Kier alpha value is -0.260. The van der Waals surface area contributed by atoms with E-state index < -0.39 is 0 Å². The van der Waals surface area contributed by atoms with Gasteiger partial charge in [0.2, 0.25) is 0 Å². The lowest BCUT2D eigenvalue weighted by molar-refractivity contribution is 0.185. The first-order valence-corrected chi connectivity index (χ1v) is 8.06. The maximum absolute atomic E-state index is 9.05. The molecule has 0 aliphatic heterocycles. The molecule has 1 aliphatic rings. The number of aliphatic hydroxyl groups is 1. The van der Waals surface area contributed by atoms with Crippen LogP contribution < -0.4 is 5.73 Å². The van der Waals surface area contributed by atoms with Gasteiger partial charge in [0.05, 0.1) is 6.61 Å². The van der Waals surface area contributed by atoms with Gasteiger partial charge in [0.15, 0.2) is 0 Å². The molecule has 2 rings (SSSR count). The second-order valence-electron chi connectivity index (χ2n) is 5.16. The molecule has 1 atom stereocenters. The fraction of sp³-hybridized carbons (Fsp3) is 0.600. The molecule has 0 radical (unpaired) electrons. The number of hydrogen-bond acceptors (Lipinski definition) is 4. The van der Waals surface area contributed by atoms with E-state index in [9.17, 15) is 0 Å². The van der Waals surface area contributed by atoms with E-state index in [1.165, 1.54) is 17.7 Å². The van der Waals surface area contributed by atoms with Gasteiger partial charge in [0.1, 0.15) is 0 Å². The standard InChI is InChI=1S/C15H24N2OS.ClH/c16-13(12-19-15-4-2-1-3-5-15)8-9-17(10-11-18)14-6-7-14;/h1-5,13-14,18H,6-12,16H2;1H/t13-;/m0./s1. The predicted molar refractivity (Wildman–Crippen MR) is 88.7 cm³/mol. The van der Waals surface area contributed by atoms with Crippen LogP contribution >= 0.6 is 24.2 Å². The third-order valence-corrected chi connectivity index (χ3v) is 4.65. The van der Waals surface area contributed by atoms with Crippen LogP contribution in [0.3, 0.4) is 0 Å². The first kappa shape index (κ1) is 17.8. The monoisotopic (exact) mass is 316 g/mol. The molecule has 1 aliphatic carbocycles. The lowest BCUT2D eigenvalue weighted by atomic mass is 10.2. The number of nitrogens with zero attached hydrogens (tertiary/aromatic N) is 1. The van der Waals surface area contributed by atoms with Crippen molar-refractivity contribution in [3.05, 3.63) is 30.3 Å². The number of aliphatic hydroxyl groups excluding tert-OH is 1. The van der Waals surface area contributed by atoms with Crippen molar-refractivity contribution in [2.75, 3.05) is 25.4 Å². The smallest absolute Gasteiger partial charge is 0.0558 e. The summed E-state index contributed by atoms with van der Waals surface area (Å²) in [5.41, 5.74) is 6.18. The minimum Gasteiger partial charge on any atom is -0.395 e.